The van der Waals surface area contributed by atoms with Crippen LogP contribution in [-0.4, -0.2) is 23.2 Å². The van der Waals surface area contributed by atoms with E-state index in [1.165, 1.54) is 0 Å². The van der Waals surface area contributed by atoms with Gasteiger partial charge in [0.1, 0.15) is 5.78 Å². The summed E-state index contributed by atoms with van der Waals surface area (Å²) in [6.07, 6.45) is 2.08. The first-order chi connectivity index (χ1) is 7.09. The van der Waals surface area contributed by atoms with Crippen LogP contribution in [0.2, 0.25) is 0 Å². The Kier molecular flexibility index (Phi) is 3.33. The van der Waals surface area contributed by atoms with Crippen LogP contribution in [0.3, 0.4) is 0 Å². The molecule has 0 bridgehead atoms. The van der Waals surface area contributed by atoms with Crippen LogP contribution in [0, 0.1) is 11.8 Å². The molecule has 0 spiro atoms. The minimum atomic E-state index is -2.58. The smallest absolute Gasteiger partial charge is 0.251 e. The van der Waals surface area contributed by atoms with Gasteiger partial charge in [-0.3, -0.25) is 4.79 Å². The van der Waals surface area contributed by atoms with Crippen molar-refractivity contribution in [1.29, 1.82) is 0 Å². The fourth-order valence-corrected chi connectivity index (χ4v) is 3.70. The summed E-state index contributed by atoms with van der Waals surface area (Å²) < 4.78 is 26.6. The molecular weight excluding hydrogens is 218 g/mol. The highest BCUT2D eigenvalue weighted by Crippen LogP contribution is 2.43. The minimum absolute atomic E-state index is 0.0234. The van der Waals surface area contributed by atoms with Gasteiger partial charge in [0.05, 0.1) is 0 Å². The molecular formula is C11H16F2OS. The summed E-state index contributed by atoms with van der Waals surface area (Å²) in [7, 11) is 0. The summed E-state index contributed by atoms with van der Waals surface area (Å²) >= 11 is 1.76. The van der Waals surface area contributed by atoms with E-state index >= 15 is 0 Å². The number of rotatable bonds is 3. The standard InChI is InChI=1S/C11H16F2OS/c12-11(13)4-1-2-9(11)6-10(14)8-3-5-15-7-8/h8-9H,1-7H2. The lowest BCUT2D eigenvalue weighted by Gasteiger charge is -2.19. The molecule has 1 saturated carbocycles. The molecule has 0 N–H and O–H groups in total. The van der Waals surface area contributed by atoms with E-state index < -0.39 is 11.8 Å². The normalized spacial score (nSPS) is 34.5. The molecule has 86 valence electrons. The Morgan fingerprint density at radius 1 is 1.40 bits per heavy atom. The number of thioether (sulfide) groups is 1. The Balaban J connectivity index is 1.88. The SMILES string of the molecule is O=C(CC1CCCC1(F)F)C1CCSC1. The maximum absolute atomic E-state index is 13.3. The molecule has 0 aromatic carbocycles. The zero-order valence-corrected chi connectivity index (χ0v) is 9.49. The molecule has 1 aliphatic heterocycles. The maximum Gasteiger partial charge on any atom is 0.251 e. The number of carbonyl (C=O) groups is 1. The number of alkyl halides is 2. The highest BCUT2D eigenvalue weighted by atomic mass is 32.2. The Labute approximate surface area is 93.0 Å². The summed E-state index contributed by atoms with van der Waals surface area (Å²) in [5.41, 5.74) is 0. The van der Waals surface area contributed by atoms with E-state index in [2.05, 4.69) is 0 Å². The molecule has 1 heterocycles. The summed E-state index contributed by atoms with van der Waals surface area (Å²) in [5, 5.41) is 0. The lowest BCUT2D eigenvalue weighted by Crippen LogP contribution is -2.27. The first-order valence-corrected chi connectivity index (χ1v) is 6.73. The molecule has 0 radical (unpaired) electrons. The van der Waals surface area contributed by atoms with Crippen molar-refractivity contribution in [2.45, 2.75) is 38.0 Å². The highest BCUT2D eigenvalue weighted by Gasteiger charge is 2.45. The minimum Gasteiger partial charge on any atom is -0.299 e. The van der Waals surface area contributed by atoms with Crippen molar-refractivity contribution in [3.8, 4) is 0 Å². The molecule has 2 fully saturated rings. The van der Waals surface area contributed by atoms with Gasteiger partial charge in [0.25, 0.3) is 5.92 Å². The highest BCUT2D eigenvalue weighted by molar-refractivity contribution is 7.99. The van der Waals surface area contributed by atoms with Gasteiger partial charge < -0.3 is 0 Å². The number of halogens is 2. The molecule has 0 amide bonds. The zero-order chi connectivity index (χ0) is 10.9. The number of Topliss-reactive ketones (excluding diaryl/α,β-unsaturated/α-hetero) is 1. The quantitative estimate of drug-likeness (QED) is 0.746. The van der Waals surface area contributed by atoms with Gasteiger partial charge in [-0.2, -0.15) is 11.8 Å². The number of carbonyl (C=O) groups excluding carboxylic acids is 1. The first kappa shape index (κ1) is 11.4. The lowest BCUT2D eigenvalue weighted by atomic mass is 9.91. The number of hydrogen-bond acceptors (Lipinski definition) is 2. The van der Waals surface area contributed by atoms with Crippen LogP contribution in [0.5, 0.6) is 0 Å². The molecule has 15 heavy (non-hydrogen) atoms. The van der Waals surface area contributed by atoms with Gasteiger partial charge in [-0.25, -0.2) is 8.78 Å². The van der Waals surface area contributed by atoms with Gasteiger partial charge in [0.2, 0.25) is 0 Å². The van der Waals surface area contributed by atoms with Crippen LogP contribution >= 0.6 is 11.8 Å². The average molecular weight is 234 g/mol. The van der Waals surface area contributed by atoms with Crippen molar-refractivity contribution in [2.75, 3.05) is 11.5 Å². The van der Waals surface area contributed by atoms with Gasteiger partial charge in [0.15, 0.2) is 0 Å². The zero-order valence-electron chi connectivity index (χ0n) is 8.68. The molecule has 2 rings (SSSR count). The second-order valence-electron chi connectivity index (χ2n) is 4.58. The summed E-state index contributed by atoms with van der Waals surface area (Å²) in [6.45, 7) is 0. The average Bonchev–Trinajstić information content (AvgIpc) is 2.76. The van der Waals surface area contributed by atoms with Crippen molar-refractivity contribution in [3.63, 3.8) is 0 Å². The van der Waals surface area contributed by atoms with Crippen molar-refractivity contribution >= 4 is 17.5 Å². The molecule has 2 aliphatic rings. The number of hydrogen-bond donors (Lipinski definition) is 0. The van der Waals surface area contributed by atoms with Crippen LogP contribution in [0.15, 0.2) is 0 Å². The van der Waals surface area contributed by atoms with Crippen molar-refractivity contribution < 1.29 is 13.6 Å². The van der Waals surface area contributed by atoms with Gasteiger partial charge in [-0.05, 0) is 25.0 Å². The van der Waals surface area contributed by atoms with E-state index in [0.29, 0.717) is 12.8 Å². The van der Waals surface area contributed by atoms with E-state index in [4.69, 9.17) is 0 Å². The molecule has 2 unspecified atom stereocenters. The lowest BCUT2D eigenvalue weighted by molar-refractivity contribution is -0.126. The molecule has 1 saturated heterocycles. The third kappa shape index (κ3) is 2.52. The Morgan fingerprint density at radius 2 is 2.20 bits per heavy atom. The first-order valence-electron chi connectivity index (χ1n) is 5.58. The topological polar surface area (TPSA) is 17.1 Å². The summed E-state index contributed by atoms with van der Waals surface area (Å²) in [4.78, 5) is 11.7. The second kappa shape index (κ2) is 4.40. The predicted molar refractivity (Wildman–Crippen MR) is 57.3 cm³/mol. The predicted octanol–water partition coefficient (Wildman–Crippen LogP) is 3.13. The fourth-order valence-electron chi connectivity index (χ4n) is 2.45. The number of ketones is 1. The Morgan fingerprint density at radius 3 is 2.73 bits per heavy atom. The van der Waals surface area contributed by atoms with E-state index in [9.17, 15) is 13.6 Å². The van der Waals surface area contributed by atoms with Crippen molar-refractivity contribution in [2.24, 2.45) is 11.8 Å². The molecule has 1 aliphatic carbocycles. The van der Waals surface area contributed by atoms with Gasteiger partial charge >= 0.3 is 0 Å². The van der Waals surface area contributed by atoms with E-state index in [-0.39, 0.29) is 24.5 Å². The van der Waals surface area contributed by atoms with Crippen molar-refractivity contribution in [1.82, 2.24) is 0 Å². The van der Waals surface area contributed by atoms with Gasteiger partial charge in [-0.1, -0.05) is 0 Å². The Hall–Kier alpha value is -0.120. The molecule has 0 aromatic rings. The van der Waals surface area contributed by atoms with Crippen LogP contribution in [0.4, 0.5) is 8.78 Å². The largest absolute Gasteiger partial charge is 0.299 e. The summed E-state index contributed by atoms with van der Waals surface area (Å²) in [5.74, 6) is -1.26. The van der Waals surface area contributed by atoms with Gasteiger partial charge in [0, 0.05) is 30.4 Å². The Bertz CT molecular complexity index is 249. The van der Waals surface area contributed by atoms with Crippen LogP contribution in [0.1, 0.15) is 32.1 Å². The monoisotopic (exact) mass is 234 g/mol. The third-order valence-corrected chi connectivity index (χ3v) is 4.66. The van der Waals surface area contributed by atoms with Gasteiger partial charge in [-0.15, -0.1) is 0 Å². The van der Waals surface area contributed by atoms with Crippen LogP contribution in [-0.2, 0) is 4.79 Å². The molecule has 2 atom stereocenters. The summed E-state index contributed by atoms with van der Waals surface area (Å²) in [6, 6.07) is 0. The third-order valence-electron chi connectivity index (χ3n) is 3.49. The maximum atomic E-state index is 13.3. The fraction of sp³-hybridized carbons (Fsp3) is 0.909. The van der Waals surface area contributed by atoms with E-state index in [0.717, 1.165) is 17.9 Å². The van der Waals surface area contributed by atoms with Crippen molar-refractivity contribution in [3.05, 3.63) is 0 Å². The van der Waals surface area contributed by atoms with E-state index in [1.807, 2.05) is 0 Å². The van der Waals surface area contributed by atoms with Crippen LogP contribution in [0.25, 0.3) is 0 Å². The van der Waals surface area contributed by atoms with Crippen LogP contribution < -0.4 is 0 Å². The molecule has 4 heteroatoms. The molecule has 0 aromatic heterocycles. The molecule has 1 nitrogen and oxygen atoms in total. The van der Waals surface area contributed by atoms with E-state index in [1.54, 1.807) is 11.8 Å². The second-order valence-corrected chi connectivity index (χ2v) is 5.73.